The van der Waals surface area contributed by atoms with Crippen LogP contribution in [0.1, 0.15) is 12.5 Å². The second kappa shape index (κ2) is 6.13. The highest BCUT2D eigenvalue weighted by molar-refractivity contribution is 7.07. The molecule has 1 N–H and O–H groups in total. The monoisotopic (exact) mass is 199 g/mol. The van der Waals surface area contributed by atoms with E-state index in [2.05, 4.69) is 29.1 Å². The molecule has 74 valence electrons. The molecule has 0 saturated carbocycles. The van der Waals surface area contributed by atoms with Gasteiger partial charge in [-0.25, -0.2) is 0 Å². The summed E-state index contributed by atoms with van der Waals surface area (Å²) >= 11 is 1.74. The van der Waals surface area contributed by atoms with Crippen LogP contribution in [0.3, 0.4) is 0 Å². The van der Waals surface area contributed by atoms with Crippen molar-refractivity contribution < 1.29 is 4.74 Å². The number of likely N-dealkylation sites (N-methyl/N-ethyl adjacent to an activating group) is 1. The normalized spacial score (nSPS) is 13.1. The van der Waals surface area contributed by atoms with Crippen molar-refractivity contribution in [1.82, 2.24) is 5.32 Å². The Morgan fingerprint density at radius 3 is 3.08 bits per heavy atom. The van der Waals surface area contributed by atoms with Crippen molar-refractivity contribution in [3.05, 3.63) is 22.4 Å². The minimum absolute atomic E-state index is 0.309. The molecule has 0 aromatic carbocycles. The van der Waals surface area contributed by atoms with Crippen molar-refractivity contribution in [2.75, 3.05) is 20.2 Å². The molecule has 13 heavy (non-hydrogen) atoms. The third-order valence-corrected chi connectivity index (χ3v) is 2.60. The molecule has 1 aromatic rings. The van der Waals surface area contributed by atoms with E-state index in [4.69, 9.17) is 4.74 Å². The molecule has 1 atom stereocenters. The Hall–Kier alpha value is -0.380. The molecule has 1 aromatic heterocycles. The Kier molecular flexibility index (Phi) is 5.05. The predicted molar refractivity (Wildman–Crippen MR) is 57.4 cm³/mol. The first kappa shape index (κ1) is 10.7. The fourth-order valence-electron chi connectivity index (χ4n) is 1.16. The van der Waals surface area contributed by atoms with Gasteiger partial charge in [0.15, 0.2) is 0 Å². The summed E-state index contributed by atoms with van der Waals surface area (Å²) in [6.07, 6.45) is 1.33. The summed E-state index contributed by atoms with van der Waals surface area (Å²) in [5, 5.41) is 7.36. The maximum absolute atomic E-state index is 5.60. The van der Waals surface area contributed by atoms with Crippen molar-refractivity contribution in [3.8, 4) is 0 Å². The van der Waals surface area contributed by atoms with Crippen LogP contribution in [0.15, 0.2) is 16.8 Å². The molecule has 0 bridgehead atoms. The van der Waals surface area contributed by atoms with Crippen molar-refractivity contribution in [1.29, 1.82) is 0 Å². The summed E-state index contributed by atoms with van der Waals surface area (Å²) in [5.41, 5.74) is 1.38. The van der Waals surface area contributed by atoms with E-state index < -0.39 is 0 Å². The average Bonchev–Trinajstić information content (AvgIpc) is 2.57. The Morgan fingerprint density at radius 1 is 1.62 bits per heavy atom. The summed E-state index contributed by atoms with van der Waals surface area (Å²) in [7, 11) is 1.94. The third-order valence-electron chi connectivity index (χ3n) is 1.86. The first-order valence-electron chi connectivity index (χ1n) is 4.60. The molecule has 0 spiro atoms. The van der Waals surface area contributed by atoms with Crippen molar-refractivity contribution in [2.45, 2.75) is 19.4 Å². The van der Waals surface area contributed by atoms with Crippen LogP contribution in [0.25, 0.3) is 0 Å². The molecule has 1 unspecified atom stereocenters. The molecule has 0 radical (unpaired) electrons. The lowest BCUT2D eigenvalue weighted by Gasteiger charge is -2.11. The second-order valence-corrected chi connectivity index (χ2v) is 3.90. The Bertz CT molecular complexity index is 211. The number of ether oxygens (including phenoxy) is 1. The first-order chi connectivity index (χ1) is 6.33. The third kappa shape index (κ3) is 4.41. The number of nitrogens with one attached hydrogen (secondary N) is 1. The zero-order valence-corrected chi connectivity index (χ0v) is 9.06. The van der Waals surface area contributed by atoms with Crippen LogP contribution in [-0.2, 0) is 11.2 Å². The molecular weight excluding hydrogens is 182 g/mol. The quantitative estimate of drug-likeness (QED) is 0.755. The van der Waals surface area contributed by atoms with Gasteiger partial charge in [-0.3, -0.25) is 0 Å². The van der Waals surface area contributed by atoms with Crippen LogP contribution in [0.2, 0.25) is 0 Å². The van der Waals surface area contributed by atoms with Gasteiger partial charge in [-0.15, -0.1) is 0 Å². The molecular formula is C10H17NOS. The summed E-state index contributed by atoms with van der Waals surface area (Å²) < 4.78 is 5.60. The minimum atomic E-state index is 0.309. The molecule has 0 aliphatic heterocycles. The van der Waals surface area contributed by atoms with E-state index in [9.17, 15) is 0 Å². The lowest BCUT2D eigenvalue weighted by Crippen LogP contribution is -2.24. The van der Waals surface area contributed by atoms with Crippen LogP contribution in [0, 0.1) is 0 Å². The summed E-state index contributed by atoms with van der Waals surface area (Å²) in [6, 6.07) is 2.15. The molecule has 0 amide bonds. The van der Waals surface area contributed by atoms with Crippen molar-refractivity contribution >= 4 is 11.3 Å². The zero-order valence-electron chi connectivity index (χ0n) is 8.25. The number of rotatable bonds is 6. The molecule has 3 heteroatoms. The van der Waals surface area contributed by atoms with E-state index in [0.29, 0.717) is 6.10 Å². The van der Waals surface area contributed by atoms with Gasteiger partial charge in [-0.05, 0) is 42.8 Å². The molecule has 0 aliphatic carbocycles. The predicted octanol–water partition coefficient (Wildman–Crippen LogP) is 1.92. The molecule has 2 nitrogen and oxygen atoms in total. The average molecular weight is 199 g/mol. The number of thiophene rings is 1. The van der Waals surface area contributed by atoms with E-state index >= 15 is 0 Å². The number of hydrogen-bond acceptors (Lipinski definition) is 3. The largest absolute Gasteiger partial charge is 0.377 e. The molecule has 1 rings (SSSR count). The first-order valence-corrected chi connectivity index (χ1v) is 5.54. The highest BCUT2D eigenvalue weighted by Crippen LogP contribution is 2.06. The van der Waals surface area contributed by atoms with Gasteiger partial charge in [0.05, 0.1) is 12.7 Å². The Morgan fingerprint density at radius 2 is 2.46 bits per heavy atom. The second-order valence-electron chi connectivity index (χ2n) is 3.12. The van der Waals surface area contributed by atoms with Gasteiger partial charge >= 0.3 is 0 Å². The van der Waals surface area contributed by atoms with Crippen LogP contribution in [0.4, 0.5) is 0 Å². The fraction of sp³-hybridized carbons (Fsp3) is 0.600. The molecule has 0 saturated heterocycles. The Balaban J connectivity index is 2.07. The van der Waals surface area contributed by atoms with E-state index in [1.54, 1.807) is 11.3 Å². The fourth-order valence-corrected chi connectivity index (χ4v) is 1.86. The molecule has 1 heterocycles. The Labute approximate surface area is 83.9 Å². The molecule has 0 aliphatic rings. The van der Waals surface area contributed by atoms with E-state index in [0.717, 1.165) is 19.6 Å². The lowest BCUT2D eigenvalue weighted by molar-refractivity contribution is 0.0696. The van der Waals surface area contributed by atoms with Gasteiger partial charge in [0.1, 0.15) is 0 Å². The van der Waals surface area contributed by atoms with Crippen LogP contribution in [-0.4, -0.2) is 26.3 Å². The number of hydrogen-bond donors (Lipinski definition) is 1. The molecule has 0 fully saturated rings. The van der Waals surface area contributed by atoms with Gasteiger partial charge in [0.2, 0.25) is 0 Å². The van der Waals surface area contributed by atoms with Gasteiger partial charge < -0.3 is 10.1 Å². The van der Waals surface area contributed by atoms with Crippen LogP contribution < -0.4 is 5.32 Å². The van der Waals surface area contributed by atoms with Gasteiger partial charge in [0.25, 0.3) is 0 Å². The van der Waals surface area contributed by atoms with Crippen molar-refractivity contribution in [3.63, 3.8) is 0 Å². The lowest BCUT2D eigenvalue weighted by atomic mass is 10.2. The van der Waals surface area contributed by atoms with Crippen molar-refractivity contribution in [2.24, 2.45) is 0 Å². The summed E-state index contributed by atoms with van der Waals surface area (Å²) in [4.78, 5) is 0. The van der Waals surface area contributed by atoms with Crippen LogP contribution >= 0.6 is 11.3 Å². The maximum atomic E-state index is 5.60. The topological polar surface area (TPSA) is 21.3 Å². The minimum Gasteiger partial charge on any atom is -0.377 e. The van der Waals surface area contributed by atoms with Gasteiger partial charge in [0, 0.05) is 6.54 Å². The van der Waals surface area contributed by atoms with Gasteiger partial charge in [-0.2, -0.15) is 11.3 Å². The maximum Gasteiger partial charge on any atom is 0.0671 e. The highest BCUT2D eigenvalue weighted by atomic mass is 32.1. The van der Waals surface area contributed by atoms with E-state index in [1.165, 1.54) is 5.56 Å². The standard InChI is InChI=1S/C10H17NOS/c1-9(7-11-2)12-5-3-10-4-6-13-8-10/h4,6,8-9,11H,3,5,7H2,1-2H3. The SMILES string of the molecule is CNCC(C)OCCc1ccsc1. The summed E-state index contributed by atoms with van der Waals surface area (Å²) in [6.45, 7) is 3.83. The highest BCUT2D eigenvalue weighted by Gasteiger charge is 2.00. The van der Waals surface area contributed by atoms with Gasteiger partial charge in [-0.1, -0.05) is 0 Å². The zero-order chi connectivity index (χ0) is 9.52. The smallest absolute Gasteiger partial charge is 0.0671 e. The summed E-state index contributed by atoms with van der Waals surface area (Å²) in [5.74, 6) is 0. The van der Waals surface area contributed by atoms with E-state index in [-0.39, 0.29) is 0 Å². The van der Waals surface area contributed by atoms with E-state index in [1.807, 2.05) is 7.05 Å². The van der Waals surface area contributed by atoms with Crippen LogP contribution in [0.5, 0.6) is 0 Å².